The van der Waals surface area contributed by atoms with E-state index in [1.165, 1.54) is 0 Å². The summed E-state index contributed by atoms with van der Waals surface area (Å²) in [6.45, 7) is 2.46. The van der Waals surface area contributed by atoms with Crippen LogP contribution in [0.2, 0.25) is 0 Å². The smallest absolute Gasteiger partial charge is 0.256 e. The zero-order chi connectivity index (χ0) is 18.3. The molecule has 5 nitrogen and oxygen atoms in total. The summed E-state index contributed by atoms with van der Waals surface area (Å²) in [6.07, 6.45) is 4.31. The number of amides is 2. The normalized spacial score (nSPS) is 16.4. The van der Waals surface area contributed by atoms with Gasteiger partial charge < -0.3 is 14.6 Å². The average Bonchev–Trinajstić information content (AvgIpc) is 3.11. The minimum atomic E-state index is -0.494. The monoisotopic (exact) mass is 347 g/mol. The Balaban J connectivity index is 1.74. The van der Waals surface area contributed by atoms with Gasteiger partial charge in [-0.3, -0.25) is 9.59 Å². The van der Waals surface area contributed by atoms with Crippen LogP contribution < -0.4 is 5.32 Å². The Hall–Kier alpha value is -3.08. The molecule has 2 aromatic heterocycles. The van der Waals surface area contributed by atoms with E-state index in [4.69, 9.17) is 0 Å². The SMILES string of the molecule is CNC(=O)[C@@H]1Cc2ccccc2CN1C(=O)c1cc2c(C)cccn2c1. The largest absolute Gasteiger partial charge is 0.357 e. The number of fused-ring (bicyclic) bond motifs is 2. The van der Waals surface area contributed by atoms with Gasteiger partial charge in [0.15, 0.2) is 0 Å². The Bertz CT molecular complexity index is 1010. The van der Waals surface area contributed by atoms with E-state index < -0.39 is 6.04 Å². The van der Waals surface area contributed by atoms with Crippen molar-refractivity contribution in [1.82, 2.24) is 14.6 Å². The van der Waals surface area contributed by atoms with Crippen LogP contribution in [0.1, 0.15) is 27.0 Å². The van der Waals surface area contributed by atoms with Crippen molar-refractivity contribution in [3.8, 4) is 0 Å². The highest BCUT2D eigenvalue weighted by Gasteiger charge is 2.34. The third-order valence-corrected chi connectivity index (χ3v) is 5.15. The lowest BCUT2D eigenvalue weighted by Crippen LogP contribution is -2.51. The van der Waals surface area contributed by atoms with Crippen molar-refractivity contribution in [3.63, 3.8) is 0 Å². The van der Waals surface area contributed by atoms with E-state index in [1.54, 1.807) is 11.9 Å². The molecule has 0 aliphatic carbocycles. The van der Waals surface area contributed by atoms with E-state index in [1.807, 2.05) is 66.2 Å². The number of rotatable bonds is 2. The number of aryl methyl sites for hydroxylation is 1. The predicted molar refractivity (Wildman–Crippen MR) is 100 cm³/mol. The molecule has 1 atom stereocenters. The van der Waals surface area contributed by atoms with Gasteiger partial charge in [-0.2, -0.15) is 0 Å². The molecule has 132 valence electrons. The second-order valence-electron chi connectivity index (χ2n) is 6.75. The summed E-state index contributed by atoms with van der Waals surface area (Å²) < 4.78 is 1.95. The van der Waals surface area contributed by atoms with Crippen LogP contribution >= 0.6 is 0 Å². The molecule has 3 aromatic rings. The quantitative estimate of drug-likeness (QED) is 0.775. The Kier molecular flexibility index (Phi) is 3.99. The van der Waals surface area contributed by atoms with Crippen LogP contribution in [0.5, 0.6) is 0 Å². The van der Waals surface area contributed by atoms with Crippen molar-refractivity contribution in [1.29, 1.82) is 0 Å². The molecule has 4 rings (SSSR count). The van der Waals surface area contributed by atoms with Crippen molar-refractivity contribution in [2.75, 3.05) is 7.05 Å². The van der Waals surface area contributed by atoms with Crippen molar-refractivity contribution >= 4 is 17.3 Å². The second-order valence-corrected chi connectivity index (χ2v) is 6.75. The van der Waals surface area contributed by atoms with E-state index >= 15 is 0 Å². The highest BCUT2D eigenvalue weighted by molar-refractivity contribution is 5.99. The first-order valence-electron chi connectivity index (χ1n) is 8.75. The Labute approximate surface area is 152 Å². The van der Waals surface area contributed by atoms with Crippen LogP contribution in [-0.2, 0) is 17.8 Å². The number of hydrogen-bond acceptors (Lipinski definition) is 2. The minimum Gasteiger partial charge on any atom is -0.357 e. The molecule has 26 heavy (non-hydrogen) atoms. The molecule has 0 saturated heterocycles. The second kappa shape index (κ2) is 6.33. The lowest BCUT2D eigenvalue weighted by molar-refractivity contribution is -0.125. The molecule has 3 heterocycles. The first-order chi connectivity index (χ1) is 12.6. The third-order valence-electron chi connectivity index (χ3n) is 5.15. The summed E-state index contributed by atoms with van der Waals surface area (Å²) in [4.78, 5) is 27.4. The molecule has 2 amide bonds. The van der Waals surface area contributed by atoms with E-state index in [-0.39, 0.29) is 11.8 Å². The average molecular weight is 347 g/mol. The molecular weight excluding hydrogens is 326 g/mol. The third kappa shape index (κ3) is 2.65. The van der Waals surface area contributed by atoms with Gasteiger partial charge in [0.1, 0.15) is 6.04 Å². The number of aromatic nitrogens is 1. The number of carbonyl (C=O) groups is 2. The van der Waals surface area contributed by atoms with Crippen molar-refractivity contribution in [3.05, 3.63) is 77.1 Å². The summed E-state index contributed by atoms with van der Waals surface area (Å²) in [6, 6.07) is 13.4. The Morgan fingerprint density at radius 2 is 1.88 bits per heavy atom. The van der Waals surface area contributed by atoms with E-state index in [2.05, 4.69) is 5.32 Å². The van der Waals surface area contributed by atoms with Crippen LogP contribution in [0.25, 0.3) is 5.52 Å². The van der Waals surface area contributed by atoms with Crippen LogP contribution in [0.4, 0.5) is 0 Å². The molecule has 0 spiro atoms. The number of benzene rings is 1. The maximum absolute atomic E-state index is 13.3. The van der Waals surface area contributed by atoms with Gasteiger partial charge in [0.2, 0.25) is 5.91 Å². The number of hydrogen-bond donors (Lipinski definition) is 1. The van der Waals surface area contributed by atoms with Crippen LogP contribution in [-0.4, -0.2) is 34.2 Å². The fourth-order valence-corrected chi connectivity index (χ4v) is 3.70. The Morgan fingerprint density at radius 1 is 1.12 bits per heavy atom. The van der Waals surface area contributed by atoms with Crippen molar-refractivity contribution < 1.29 is 9.59 Å². The van der Waals surface area contributed by atoms with Crippen LogP contribution in [0.15, 0.2) is 54.9 Å². The zero-order valence-electron chi connectivity index (χ0n) is 14.9. The maximum Gasteiger partial charge on any atom is 0.256 e. The summed E-state index contributed by atoms with van der Waals surface area (Å²) in [5.74, 6) is -0.246. The highest BCUT2D eigenvalue weighted by atomic mass is 16.2. The van der Waals surface area contributed by atoms with Crippen LogP contribution in [0.3, 0.4) is 0 Å². The van der Waals surface area contributed by atoms with Crippen molar-refractivity contribution in [2.45, 2.75) is 25.9 Å². The van der Waals surface area contributed by atoms with Gasteiger partial charge in [0.25, 0.3) is 5.91 Å². The predicted octanol–water partition coefficient (Wildman–Crippen LogP) is 2.56. The molecular formula is C21H21N3O2. The zero-order valence-corrected chi connectivity index (χ0v) is 14.9. The van der Waals surface area contributed by atoms with Gasteiger partial charge in [0.05, 0.1) is 5.56 Å². The minimum absolute atomic E-state index is 0.115. The molecule has 0 bridgehead atoms. The number of nitrogens with one attached hydrogen (secondary N) is 1. The van der Waals surface area contributed by atoms with Gasteiger partial charge in [-0.05, 0) is 35.7 Å². The standard InChI is InChI=1S/C21H21N3O2/c1-14-6-5-9-23-12-17(11-18(14)23)21(26)24-13-16-8-4-3-7-15(16)10-19(24)20(25)22-2/h3-9,11-12,19H,10,13H2,1-2H3,(H,22,25)/t19-/m0/s1. The molecule has 0 fully saturated rings. The van der Waals surface area contributed by atoms with E-state index in [0.29, 0.717) is 18.5 Å². The molecule has 1 aliphatic rings. The van der Waals surface area contributed by atoms with E-state index in [0.717, 1.165) is 22.2 Å². The Morgan fingerprint density at radius 3 is 2.62 bits per heavy atom. The molecule has 0 radical (unpaired) electrons. The fraction of sp³-hybridized carbons (Fsp3) is 0.238. The van der Waals surface area contributed by atoms with Crippen LogP contribution in [0, 0.1) is 6.92 Å². The van der Waals surface area contributed by atoms with Gasteiger partial charge in [-0.15, -0.1) is 0 Å². The number of likely N-dealkylation sites (N-methyl/N-ethyl adjacent to an activating group) is 1. The summed E-state index contributed by atoms with van der Waals surface area (Å²) in [5, 5.41) is 2.70. The first kappa shape index (κ1) is 16.4. The topological polar surface area (TPSA) is 53.8 Å². The summed E-state index contributed by atoms with van der Waals surface area (Å²) >= 11 is 0. The maximum atomic E-state index is 13.3. The summed E-state index contributed by atoms with van der Waals surface area (Å²) in [7, 11) is 1.61. The molecule has 0 saturated carbocycles. The van der Waals surface area contributed by atoms with Crippen molar-refractivity contribution in [2.24, 2.45) is 0 Å². The van der Waals surface area contributed by atoms with Gasteiger partial charge in [0, 0.05) is 37.9 Å². The van der Waals surface area contributed by atoms with Gasteiger partial charge in [-0.25, -0.2) is 0 Å². The molecule has 5 heteroatoms. The number of pyridine rings is 1. The molecule has 1 N–H and O–H groups in total. The number of nitrogens with zero attached hydrogens (tertiary/aromatic N) is 2. The fourth-order valence-electron chi connectivity index (χ4n) is 3.70. The number of carbonyl (C=O) groups excluding carboxylic acids is 2. The summed E-state index contributed by atoms with van der Waals surface area (Å²) in [5.41, 5.74) is 4.94. The van der Waals surface area contributed by atoms with Gasteiger partial charge >= 0.3 is 0 Å². The first-order valence-corrected chi connectivity index (χ1v) is 8.75. The lowest BCUT2D eigenvalue weighted by Gasteiger charge is -2.35. The van der Waals surface area contributed by atoms with E-state index in [9.17, 15) is 9.59 Å². The highest BCUT2D eigenvalue weighted by Crippen LogP contribution is 2.26. The molecule has 0 unspecified atom stereocenters. The molecule has 1 aliphatic heterocycles. The van der Waals surface area contributed by atoms with Gasteiger partial charge in [-0.1, -0.05) is 30.3 Å². The lowest BCUT2D eigenvalue weighted by atomic mass is 9.93. The molecule has 1 aromatic carbocycles.